The van der Waals surface area contributed by atoms with E-state index in [-0.39, 0.29) is 48.3 Å². The fraction of sp³-hybridized carbons (Fsp3) is 0.692. The smallest absolute Gasteiger partial charge is 0.240 e. The Bertz CT molecular complexity index is 358. The van der Waals surface area contributed by atoms with E-state index in [1.165, 1.54) is 0 Å². The third kappa shape index (κ3) is 9.42. The van der Waals surface area contributed by atoms with E-state index in [0.717, 1.165) is 0 Å². The molecule has 0 fully saturated rings. The van der Waals surface area contributed by atoms with Crippen LogP contribution in [-0.4, -0.2) is 23.6 Å². The normalized spacial score (nSPS) is 10.2. The minimum Gasteiger partial charge on any atom is -0.273 e. The van der Waals surface area contributed by atoms with E-state index in [2.05, 4.69) is 21.7 Å². The van der Waals surface area contributed by atoms with E-state index in [0.29, 0.717) is 6.42 Å². The van der Waals surface area contributed by atoms with Crippen LogP contribution in [0, 0.1) is 11.8 Å². The van der Waals surface area contributed by atoms with Gasteiger partial charge in [-0.2, -0.15) is 0 Å². The van der Waals surface area contributed by atoms with Gasteiger partial charge in [-0.3, -0.25) is 40.9 Å². The quantitative estimate of drug-likeness (QED) is 0.507. The van der Waals surface area contributed by atoms with Crippen molar-refractivity contribution in [1.82, 2.24) is 21.7 Å². The van der Waals surface area contributed by atoms with Gasteiger partial charge in [-0.05, 0) is 6.42 Å². The summed E-state index contributed by atoms with van der Waals surface area (Å²) in [6.45, 7) is 6.82. The first-order valence-electron chi connectivity index (χ1n) is 6.91. The van der Waals surface area contributed by atoms with Crippen LogP contribution in [0.25, 0.3) is 0 Å². The molecule has 0 spiro atoms. The number of hydrogen-bond donors (Lipinski definition) is 4. The molecule has 0 unspecified atom stereocenters. The molecule has 21 heavy (non-hydrogen) atoms. The van der Waals surface area contributed by atoms with Crippen LogP contribution in [0.2, 0.25) is 0 Å². The molecule has 4 N–H and O–H groups in total. The summed E-state index contributed by atoms with van der Waals surface area (Å²) in [5, 5.41) is 0. The van der Waals surface area contributed by atoms with Gasteiger partial charge in [0.15, 0.2) is 0 Å². The average Bonchev–Trinajstić information content (AvgIpc) is 2.41. The molecular weight excluding hydrogens is 276 g/mol. The SMILES string of the molecule is CC(C)C(=O)NNC(=O)CCCC(=O)NNC(=O)C(C)C. The molecule has 0 bridgehead atoms. The highest BCUT2D eigenvalue weighted by atomic mass is 16.2. The van der Waals surface area contributed by atoms with Crippen LogP contribution in [0.15, 0.2) is 0 Å². The summed E-state index contributed by atoms with van der Waals surface area (Å²) < 4.78 is 0. The molecule has 8 heteroatoms. The highest BCUT2D eigenvalue weighted by Gasteiger charge is 2.10. The Kier molecular flexibility index (Phi) is 8.75. The second kappa shape index (κ2) is 9.73. The maximum Gasteiger partial charge on any atom is 0.240 e. The van der Waals surface area contributed by atoms with Crippen LogP contribution in [0.3, 0.4) is 0 Å². The Morgan fingerprint density at radius 3 is 1.29 bits per heavy atom. The Hall–Kier alpha value is -2.12. The van der Waals surface area contributed by atoms with E-state index in [4.69, 9.17) is 0 Å². The standard InChI is InChI=1S/C13H24N4O4/c1-8(2)12(20)16-14-10(18)6-5-7-11(19)15-17-13(21)9(3)4/h8-9H,5-7H2,1-4H3,(H,14,18)(H,15,19)(H,16,20)(H,17,21). The van der Waals surface area contributed by atoms with Gasteiger partial charge in [-0.25, -0.2) is 0 Å². The first kappa shape index (κ1) is 18.9. The molecule has 4 amide bonds. The summed E-state index contributed by atoms with van der Waals surface area (Å²) in [6.07, 6.45) is 0.514. The number of nitrogens with one attached hydrogen (secondary N) is 4. The van der Waals surface area contributed by atoms with E-state index >= 15 is 0 Å². The Morgan fingerprint density at radius 1 is 0.667 bits per heavy atom. The van der Waals surface area contributed by atoms with Crippen LogP contribution in [0.4, 0.5) is 0 Å². The minimum atomic E-state index is -0.372. The van der Waals surface area contributed by atoms with E-state index in [1.54, 1.807) is 27.7 Å². The zero-order chi connectivity index (χ0) is 16.4. The third-order valence-electron chi connectivity index (χ3n) is 2.51. The van der Waals surface area contributed by atoms with Crippen molar-refractivity contribution < 1.29 is 19.2 Å². The summed E-state index contributed by atoms with van der Waals surface area (Å²) in [7, 11) is 0. The maximum atomic E-state index is 11.4. The largest absolute Gasteiger partial charge is 0.273 e. The van der Waals surface area contributed by atoms with Crippen molar-refractivity contribution in [3.05, 3.63) is 0 Å². The van der Waals surface area contributed by atoms with Crippen molar-refractivity contribution in [3.8, 4) is 0 Å². The molecular formula is C13H24N4O4. The zero-order valence-electron chi connectivity index (χ0n) is 12.9. The fourth-order valence-corrected chi connectivity index (χ4v) is 1.09. The third-order valence-corrected chi connectivity index (χ3v) is 2.51. The number of carbonyl (C=O) groups is 4. The lowest BCUT2D eigenvalue weighted by Crippen LogP contribution is -2.44. The van der Waals surface area contributed by atoms with Crippen LogP contribution in [-0.2, 0) is 19.2 Å². The van der Waals surface area contributed by atoms with Crippen molar-refractivity contribution in [3.63, 3.8) is 0 Å². The van der Waals surface area contributed by atoms with Gasteiger partial charge in [0.1, 0.15) is 0 Å². The Balaban J connectivity index is 3.74. The summed E-state index contributed by atoms with van der Waals surface area (Å²) in [5.74, 6) is -1.75. The molecule has 0 saturated carbocycles. The lowest BCUT2D eigenvalue weighted by atomic mass is 10.2. The molecule has 0 radical (unpaired) electrons. The molecule has 0 aromatic carbocycles. The van der Waals surface area contributed by atoms with Crippen molar-refractivity contribution >= 4 is 23.6 Å². The summed E-state index contributed by atoms with van der Waals surface area (Å²) in [6, 6.07) is 0. The van der Waals surface area contributed by atoms with Crippen LogP contribution >= 0.6 is 0 Å². The maximum absolute atomic E-state index is 11.4. The van der Waals surface area contributed by atoms with Crippen molar-refractivity contribution in [2.45, 2.75) is 47.0 Å². The molecule has 0 aliphatic heterocycles. The van der Waals surface area contributed by atoms with Gasteiger partial charge in [0, 0.05) is 24.7 Å². The van der Waals surface area contributed by atoms with Crippen LogP contribution in [0.5, 0.6) is 0 Å². The summed E-state index contributed by atoms with van der Waals surface area (Å²) in [5.41, 5.74) is 9.08. The molecule has 0 aliphatic rings. The second-order valence-corrected chi connectivity index (χ2v) is 5.24. The Morgan fingerprint density at radius 2 is 1.00 bits per heavy atom. The van der Waals surface area contributed by atoms with Gasteiger partial charge in [0.25, 0.3) is 0 Å². The number of hydrogen-bond acceptors (Lipinski definition) is 4. The highest BCUT2D eigenvalue weighted by Crippen LogP contribution is 1.95. The molecule has 0 heterocycles. The first-order valence-corrected chi connectivity index (χ1v) is 6.91. The van der Waals surface area contributed by atoms with E-state index < -0.39 is 0 Å². The van der Waals surface area contributed by atoms with Crippen molar-refractivity contribution in [2.75, 3.05) is 0 Å². The molecule has 0 aliphatic carbocycles. The topological polar surface area (TPSA) is 116 Å². The number of carbonyl (C=O) groups excluding carboxylic acids is 4. The lowest BCUT2D eigenvalue weighted by molar-refractivity contribution is -0.131. The van der Waals surface area contributed by atoms with Gasteiger partial charge in [0.05, 0.1) is 0 Å². The first-order chi connectivity index (χ1) is 9.73. The predicted molar refractivity (Wildman–Crippen MR) is 76.1 cm³/mol. The molecule has 0 atom stereocenters. The molecule has 0 aromatic rings. The van der Waals surface area contributed by atoms with Gasteiger partial charge in [0.2, 0.25) is 23.6 Å². The zero-order valence-corrected chi connectivity index (χ0v) is 12.9. The molecule has 0 rings (SSSR count). The predicted octanol–water partition coefficient (Wildman–Crippen LogP) is -0.236. The number of amides is 4. The summed E-state index contributed by atoms with van der Waals surface area (Å²) >= 11 is 0. The Labute approximate surface area is 124 Å². The summed E-state index contributed by atoms with van der Waals surface area (Å²) in [4.78, 5) is 45.2. The van der Waals surface area contributed by atoms with Gasteiger partial charge < -0.3 is 0 Å². The second-order valence-electron chi connectivity index (χ2n) is 5.24. The van der Waals surface area contributed by atoms with Gasteiger partial charge in [-0.1, -0.05) is 27.7 Å². The minimum absolute atomic E-state index is 0.101. The lowest BCUT2D eigenvalue weighted by Gasteiger charge is -2.10. The number of hydrazine groups is 2. The highest BCUT2D eigenvalue weighted by molar-refractivity contribution is 5.84. The van der Waals surface area contributed by atoms with Crippen molar-refractivity contribution in [1.29, 1.82) is 0 Å². The van der Waals surface area contributed by atoms with E-state index in [9.17, 15) is 19.2 Å². The molecule has 120 valence electrons. The average molecular weight is 300 g/mol. The van der Waals surface area contributed by atoms with Crippen LogP contribution < -0.4 is 21.7 Å². The van der Waals surface area contributed by atoms with Crippen LogP contribution in [0.1, 0.15) is 47.0 Å². The molecule has 0 saturated heterocycles. The monoisotopic (exact) mass is 300 g/mol. The van der Waals surface area contributed by atoms with Gasteiger partial charge in [-0.15, -0.1) is 0 Å². The van der Waals surface area contributed by atoms with Crippen molar-refractivity contribution in [2.24, 2.45) is 11.8 Å². The van der Waals surface area contributed by atoms with E-state index in [1.807, 2.05) is 0 Å². The molecule has 0 aromatic heterocycles. The van der Waals surface area contributed by atoms with Gasteiger partial charge >= 0.3 is 0 Å². The number of rotatable bonds is 6. The fourth-order valence-electron chi connectivity index (χ4n) is 1.09. The molecule has 8 nitrogen and oxygen atoms in total.